The summed E-state index contributed by atoms with van der Waals surface area (Å²) in [6.07, 6.45) is 17.1. The molecule has 0 heterocycles. The van der Waals surface area contributed by atoms with Crippen molar-refractivity contribution in [2.75, 3.05) is 0 Å². The van der Waals surface area contributed by atoms with Crippen LogP contribution >= 0.6 is 15.9 Å². The summed E-state index contributed by atoms with van der Waals surface area (Å²) in [6.45, 7) is 9.38. The molecule has 0 saturated heterocycles. The number of hydrogen-bond acceptors (Lipinski definition) is 0. The summed E-state index contributed by atoms with van der Waals surface area (Å²) in [5, 5.41) is 0. The van der Waals surface area contributed by atoms with Gasteiger partial charge in [-0.3, -0.25) is 0 Å². The van der Waals surface area contributed by atoms with E-state index in [1.807, 2.05) is 0 Å². The van der Waals surface area contributed by atoms with E-state index in [1.165, 1.54) is 77.0 Å². The Balaban J connectivity index is 3.26. The Morgan fingerprint density at radius 3 is 1.63 bits per heavy atom. The molecule has 0 bridgehead atoms. The molecule has 0 radical (unpaired) electrons. The van der Waals surface area contributed by atoms with E-state index in [9.17, 15) is 0 Å². The van der Waals surface area contributed by atoms with Crippen LogP contribution in [0, 0.1) is 5.41 Å². The van der Waals surface area contributed by atoms with Gasteiger partial charge in [-0.25, -0.2) is 0 Å². The highest BCUT2D eigenvalue weighted by atomic mass is 79.9. The van der Waals surface area contributed by atoms with E-state index in [0.29, 0.717) is 10.2 Å². The van der Waals surface area contributed by atoms with Crippen molar-refractivity contribution in [3.8, 4) is 0 Å². The van der Waals surface area contributed by atoms with Crippen LogP contribution in [0.25, 0.3) is 0 Å². The second-order valence-corrected chi connectivity index (χ2v) is 8.64. The van der Waals surface area contributed by atoms with Gasteiger partial charge in [0.2, 0.25) is 0 Å². The van der Waals surface area contributed by atoms with Gasteiger partial charge in [-0.05, 0) is 18.3 Å². The first kappa shape index (κ1) is 19.5. The van der Waals surface area contributed by atoms with Crippen molar-refractivity contribution < 1.29 is 0 Å². The molecule has 1 atom stereocenters. The lowest BCUT2D eigenvalue weighted by Crippen LogP contribution is -2.15. The lowest BCUT2D eigenvalue weighted by atomic mass is 9.82. The van der Waals surface area contributed by atoms with Gasteiger partial charge in [0.25, 0.3) is 0 Å². The molecule has 0 aliphatic carbocycles. The highest BCUT2D eigenvalue weighted by molar-refractivity contribution is 9.09. The Hall–Kier alpha value is 0.480. The SMILES string of the molecule is CCCCCCCCCCCCC(C)(C)CC(C)Br. The molecule has 116 valence electrons. The van der Waals surface area contributed by atoms with Crippen molar-refractivity contribution in [3.63, 3.8) is 0 Å². The lowest BCUT2D eigenvalue weighted by molar-refractivity contribution is 0.296. The molecule has 0 aromatic carbocycles. The molecule has 0 fully saturated rings. The zero-order valence-corrected chi connectivity index (χ0v) is 15.5. The number of rotatable bonds is 13. The molecule has 0 rings (SSSR count). The first-order valence-corrected chi connectivity index (χ1v) is 9.53. The van der Waals surface area contributed by atoms with E-state index in [0.717, 1.165) is 0 Å². The Kier molecular flexibility index (Phi) is 12.5. The van der Waals surface area contributed by atoms with Crippen LogP contribution in [0.5, 0.6) is 0 Å². The van der Waals surface area contributed by atoms with Crippen LogP contribution in [0.2, 0.25) is 0 Å². The Labute approximate surface area is 131 Å². The largest absolute Gasteiger partial charge is 0.0893 e. The number of alkyl halides is 1. The zero-order chi connectivity index (χ0) is 14.6. The molecule has 0 aromatic rings. The van der Waals surface area contributed by atoms with E-state index in [4.69, 9.17) is 0 Å². The first-order chi connectivity index (χ1) is 8.98. The van der Waals surface area contributed by atoms with E-state index >= 15 is 0 Å². The third-order valence-corrected chi connectivity index (χ3v) is 4.36. The van der Waals surface area contributed by atoms with Crippen LogP contribution in [0.3, 0.4) is 0 Å². The highest BCUT2D eigenvalue weighted by Gasteiger charge is 2.19. The quantitative estimate of drug-likeness (QED) is 0.242. The lowest BCUT2D eigenvalue weighted by Gasteiger charge is -2.26. The molecule has 1 heteroatoms. The zero-order valence-electron chi connectivity index (χ0n) is 13.9. The smallest absolute Gasteiger partial charge is 0.0122 e. The van der Waals surface area contributed by atoms with Crippen molar-refractivity contribution >= 4 is 15.9 Å². The van der Waals surface area contributed by atoms with Gasteiger partial charge in [0.1, 0.15) is 0 Å². The van der Waals surface area contributed by atoms with Crippen LogP contribution in [0.1, 0.15) is 105 Å². The molecule has 0 amide bonds. The maximum absolute atomic E-state index is 3.68. The van der Waals surface area contributed by atoms with Crippen molar-refractivity contribution in [2.45, 2.75) is 110 Å². The predicted molar refractivity (Wildman–Crippen MR) is 93.2 cm³/mol. The fraction of sp³-hybridized carbons (Fsp3) is 1.00. The molecule has 0 aliphatic rings. The summed E-state index contributed by atoms with van der Waals surface area (Å²) in [7, 11) is 0. The molecule has 19 heavy (non-hydrogen) atoms. The van der Waals surface area contributed by atoms with Gasteiger partial charge >= 0.3 is 0 Å². The van der Waals surface area contributed by atoms with E-state index < -0.39 is 0 Å². The maximum atomic E-state index is 3.68. The van der Waals surface area contributed by atoms with Gasteiger partial charge in [-0.15, -0.1) is 0 Å². The molecule has 0 saturated carbocycles. The van der Waals surface area contributed by atoms with Gasteiger partial charge in [0.05, 0.1) is 0 Å². The summed E-state index contributed by atoms with van der Waals surface area (Å²) in [5.74, 6) is 0. The Morgan fingerprint density at radius 2 is 1.21 bits per heavy atom. The Morgan fingerprint density at radius 1 is 0.789 bits per heavy atom. The van der Waals surface area contributed by atoms with Crippen molar-refractivity contribution in [1.29, 1.82) is 0 Å². The summed E-state index contributed by atoms with van der Waals surface area (Å²) in [4.78, 5) is 0.658. The molecular formula is C18H37Br. The van der Waals surface area contributed by atoms with E-state index in [-0.39, 0.29) is 0 Å². The summed E-state index contributed by atoms with van der Waals surface area (Å²) in [5.41, 5.74) is 0.517. The topological polar surface area (TPSA) is 0 Å². The van der Waals surface area contributed by atoms with Crippen LogP contribution in [-0.2, 0) is 0 Å². The maximum Gasteiger partial charge on any atom is 0.0122 e. The highest BCUT2D eigenvalue weighted by Crippen LogP contribution is 2.31. The van der Waals surface area contributed by atoms with Crippen LogP contribution in [0.15, 0.2) is 0 Å². The summed E-state index contributed by atoms with van der Waals surface area (Å²) in [6, 6.07) is 0. The van der Waals surface area contributed by atoms with Gasteiger partial charge < -0.3 is 0 Å². The molecule has 0 spiro atoms. The van der Waals surface area contributed by atoms with Crippen LogP contribution in [-0.4, -0.2) is 4.83 Å². The molecule has 1 unspecified atom stereocenters. The number of hydrogen-bond donors (Lipinski definition) is 0. The molecular weight excluding hydrogens is 296 g/mol. The van der Waals surface area contributed by atoms with Crippen molar-refractivity contribution in [1.82, 2.24) is 0 Å². The van der Waals surface area contributed by atoms with Gasteiger partial charge in [-0.2, -0.15) is 0 Å². The monoisotopic (exact) mass is 332 g/mol. The average Bonchev–Trinajstić information content (AvgIpc) is 2.30. The minimum absolute atomic E-state index is 0.517. The number of halogens is 1. The van der Waals surface area contributed by atoms with Crippen molar-refractivity contribution in [3.05, 3.63) is 0 Å². The second kappa shape index (κ2) is 12.2. The summed E-state index contributed by atoms with van der Waals surface area (Å²) < 4.78 is 0. The van der Waals surface area contributed by atoms with Crippen molar-refractivity contribution in [2.24, 2.45) is 5.41 Å². The minimum atomic E-state index is 0.517. The normalized spacial score (nSPS) is 13.7. The van der Waals surface area contributed by atoms with Crippen LogP contribution < -0.4 is 0 Å². The third-order valence-electron chi connectivity index (χ3n) is 4.04. The first-order valence-electron chi connectivity index (χ1n) is 8.62. The third kappa shape index (κ3) is 14.7. The predicted octanol–water partition coefficient (Wildman–Crippen LogP) is 7.50. The average molecular weight is 333 g/mol. The van der Waals surface area contributed by atoms with E-state index in [2.05, 4.69) is 43.6 Å². The molecule has 0 aliphatic heterocycles. The van der Waals surface area contributed by atoms with Gasteiger partial charge in [0, 0.05) is 4.83 Å². The Bertz CT molecular complexity index is 184. The van der Waals surface area contributed by atoms with E-state index in [1.54, 1.807) is 0 Å². The van der Waals surface area contributed by atoms with Crippen LogP contribution in [0.4, 0.5) is 0 Å². The molecule has 0 nitrogen and oxygen atoms in total. The van der Waals surface area contributed by atoms with Gasteiger partial charge in [-0.1, -0.05) is 108 Å². The standard InChI is InChI=1S/C18H37Br/c1-5-6-7-8-9-10-11-12-13-14-15-18(3,4)16-17(2)19/h17H,5-16H2,1-4H3. The molecule has 0 aromatic heterocycles. The fourth-order valence-electron chi connectivity index (χ4n) is 2.95. The van der Waals surface area contributed by atoms with Gasteiger partial charge in [0.15, 0.2) is 0 Å². The molecule has 0 N–H and O–H groups in total. The summed E-state index contributed by atoms with van der Waals surface area (Å²) >= 11 is 3.68. The fourth-order valence-corrected chi connectivity index (χ4v) is 3.83. The second-order valence-electron chi connectivity index (χ2n) is 7.08. The minimum Gasteiger partial charge on any atom is -0.0893 e. The number of unbranched alkanes of at least 4 members (excludes halogenated alkanes) is 9.